The molecule has 0 amide bonds. The number of rotatable bonds is 1. The first-order valence-electron chi connectivity index (χ1n) is 4.61. The van der Waals surface area contributed by atoms with Gasteiger partial charge < -0.3 is 11.1 Å². The molecule has 74 valence electrons. The molecular weight excluding hydrogens is 198 g/mol. The summed E-state index contributed by atoms with van der Waals surface area (Å²) in [5, 5.41) is 3.88. The lowest BCUT2D eigenvalue weighted by Crippen LogP contribution is -2.30. The standard InChI is InChI=1S/C10H12ClN3/c11-7-2-3-8(9(12)6-7)10-13-4-1-5-14-10/h2-3,6H,1,4-5,12H2,(H,13,14). The molecule has 4 heteroatoms. The van der Waals surface area contributed by atoms with Gasteiger partial charge in [-0.3, -0.25) is 4.99 Å². The Morgan fingerprint density at radius 2 is 2.29 bits per heavy atom. The van der Waals surface area contributed by atoms with Crippen LogP contribution in [0.3, 0.4) is 0 Å². The second-order valence-corrected chi connectivity index (χ2v) is 3.68. The van der Waals surface area contributed by atoms with Gasteiger partial charge in [-0.25, -0.2) is 0 Å². The molecule has 1 aromatic carbocycles. The van der Waals surface area contributed by atoms with Crippen molar-refractivity contribution in [2.45, 2.75) is 6.42 Å². The Morgan fingerprint density at radius 3 is 2.93 bits per heavy atom. The molecule has 14 heavy (non-hydrogen) atoms. The van der Waals surface area contributed by atoms with E-state index in [0.717, 1.165) is 30.9 Å². The van der Waals surface area contributed by atoms with Gasteiger partial charge in [-0.1, -0.05) is 11.6 Å². The number of nitrogen functional groups attached to an aromatic ring is 1. The molecule has 0 fully saturated rings. The molecule has 1 aromatic rings. The molecule has 0 bridgehead atoms. The van der Waals surface area contributed by atoms with Crippen LogP contribution in [0.1, 0.15) is 12.0 Å². The molecule has 0 spiro atoms. The van der Waals surface area contributed by atoms with Crippen LogP contribution in [0.25, 0.3) is 0 Å². The van der Waals surface area contributed by atoms with Gasteiger partial charge in [-0.15, -0.1) is 0 Å². The fraction of sp³-hybridized carbons (Fsp3) is 0.300. The van der Waals surface area contributed by atoms with Crippen LogP contribution in [0.5, 0.6) is 0 Å². The molecule has 0 saturated carbocycles. The number of nitrogens with one attached hydrogen (secondary N) is 1. The summed E-state index contributed by atoms with van der Waals surface area (Å²) >= 11 is 5.82. The molecule has 3 nitrogen and oxygen atoms in total. The predicted octanol–water partition coefficient (Wildman–Crippen LogP) is 1.66. The van der Waals surface area contributed by atoms with E-state index in [1.807, 2.05) is 12.1 Å². The molecule has 0 aromatic heterocycles. The van der Waals surface area contributed by atoms with Gasteiger partial charge in [-0.2, -0.15) is 0 Å². The Bertz CT molecular complexity index is 374. The second-order valence-electron chi connectivity index (χ2n) is 3.24. The number of aliphatic imine (C=N–C) groups is 1. The summed E-state index contributed by atoms with van der Waals surface area (Å²) in [6, 6.07) is 5.47. The first kappa shape index (κ1) is 9.34. The minimum Gasteiger partial charge on any atom is -0.398 e. The molecule has 0 saturated heterocycles. The van der Waals surface area contributed by atoms with E-state index >= 15 is 0 Å². The van der Waals surface area contributed by atoms with Crippen molar-refractivity contribution in [1.29, 1.82) is 0 Å². The number of hydrogen-bond acceptors (Lipinski definition) is 3. The van der Waals surface area contributed by atoms with Gasteiger partial charge in [0.25, 0.3) is 0 Å². The van der Waals surface area contributed by atoms with Gasteiger partial charge in [0.1, 0.15) is 5.84 Å². The molecule has 3 N–H and O–H groups in total. The van der Waals surface area contributed by atoms with E-state index in [9.17, 15) is 0 Å². The highest BCUT2D eigenvalue weighted by Crippen LogP contribution is 2.18. The summed E-state index contributed by atoms with van der Waals surface area (Å²) in [7, 11) is 0. The van der Waals surface area contributed by atoms with Gasteiger partial charge in [0.15, 0.2) is 0 Å². The van der Waals surface area contributed by atoms with Crippen molar-refractivity contribution in [3.8, 4) is 0 Å². The minimum atomic E-state index is 0.655. The Morgan fingerprint density at radius 1 is 1.43 bits per heavy atom. The van der Waals surface area contributed by atoms with Crippen molar-refractivity contribution < 1.29 is 0 Å². The zero-order valence-electron chi connectivity index (χ0n) is 7.76. The summed E-state index contributed by atoms with van der Waals surface area (Å²) in [6.07, 6.45) is 1.08. The SMILES string of the molecule is Nc1cc(Cl)ccc1C1=NCCCN1. The summed E-state index contributed by atoms with van der Waals surface area (Å²) < 4.78 is 0. The van der Waals surface area contributed by atoms with Crippen LogP contribution in [0.4, 0.5) is 5.69 Å². The molecule has 1 heterocycles. The maximum atomic E-state index is 5.85. The molecule has 0 unspecified atom stereocenters. The van der Waals surface area contributed by atoms with Crippen molar-refractivity contribution in [2.75, 3.05) is 18.8 Å². The van der Waals surface area contributed by atoms with Gasteiger partial charge in [0.05, 0.1) is 0 Å². The number of amidine groups is 1. The zero-order valence-corrected chi connectivity index (χ0v) is 8.51. The third-order valence-corrected chi connectivity index (χ3v) is 2.40. The van der Waals surface area contributed by atoms with Crippen molar-refractivity contribution in [1.82, 2.24) is 5.32 Å². The van der Waals surface area contributed by atoms with Crippen LogP contribution in [-0.4, -0.2) is 18.9 Å². The van der Waals surface area contributed by atoms with Crippen molar-refractivity contribution in [3.05, 3.63) is 28.8 Å². The number of anilines is 1. The quantitative estimate of drug-likeness (QED) is 0.692. The van der Waals surface area contributed by atoms with Gasteiger partial charge in [0, 0.05) is 29.4 Å². The highest BCUT2D eigenvalue weighted by molar-refractivity contribution is 6.31. The number of nitrogens with zero attached hydrogens (tertiary/aromatic N) is 1. The van der Waals surface area contributed by atoms with Crippen LogP contribution in [0.15, 0.2) is 23.2 Å². The average Bonchev–Trinajstić information content (AvgIpc) is 2.19. The Hall–Kier alpha value is -1.22. The second kappa shape index (κ2) is 3.88. The fourth-order valence-electron chi connectivity index (χ4n) is 1.46. The number of benzene rings is 1. The topological polar surface area (TPSA) is 50.4 Å². The predicted molar refractivity (Wildman–Crippen MR) is 59.9 cm³/mol. The van der Waals surface area contributed by atoms with Gasteiger partial charge in [-0.05, 0) is 24.6 Å². The van der Waals surface area contributed by atoms with E-state index in [4.69, 9.17) is 17.3 Å². The largest absolute Gasteiger partial charge is 0.398 e. The van der Waals surface area contributed by atoms with E-state index in [2.05, 4.69) is 10.3 Å². The molecule has 2 rings (SSSR count). The summed E-state index contributed by atoms with van der Waals surface area (Å²) in [4.78, 5) is 4.37. The van der Waals surface area contributed by atoms with Crippen molar-refractivity contribution >= 4 is 23.1 Å². The fourth-order valence-corrected chi connectivity index (χ4v) is 1.64. The molecular formula is C10H12ClN3. The molecule has 0 radical (unpaired) electrons. The summed E-state index contributed by atoms with van der Waals surface area (Å²) in [5.74, 6) is 0.880. The zero-order chi connectivity index (χ0) is 9.97. The number of halogens is 1. The van der Waals surface area contributed by atoms with Gasteiger partial charge in [0.2, 0.25) is 0 Å². The smallest absolute Gasteiger partial charge is 0.130 e. The Balaban J connectivity index is 2.35. The van der Waals surface area contributed by atoms with Crippen LogP contribution in [0, 0.1) is 0 Å². The van der Waals surface area contributed by atoms with E-state index in [-0.39, 0.29) is 0 Å². The molecule has 1 aliphatic rings. The lowest BCUT2D eigenvalue weighted by atomic mass is 10.1. The molecule has 1 aliphatic heterocycles. The lowest BCUT2D eigenvalue weighted by Gasteiger charge is -2.16. The maximum Gasteiger partial charge on any atom is 0.130 e. The minimum absolute atomic E-state index is 0.655. The van der Waals surface area contributed by atoms with E-state index in [1.165, 1.54) is 0 Å². The van der Waals surface area contributed by atoms with E-state index < -0.39 is 0 Å². The van der Waals surface area contributed by atoms with E-state index in [0.29, 0.717) is 10.7 Å². The third-order valence-electron chi connectivity index (χ3n) is 2.17. The molecule has 0 aliphatic carbocycles. The first-order valence-corrected chi connectivity index (χ1v) is 4.99. The van der Waals surface area contributed by atoms with Crippen LogP contribution >= 0.6 is 11.6 Å². The highest BCUT2D eigenvalue weighted by atomic mass is 35.5. The Labute approximate surface area is 88.0 Å². The highest BCUT2D eigenvalue weighted by Gasteiger charge is 2.09. The van der Waals surface area contributed by atoms with Crippen LogP contribution < -0.4 is 11.1 Å². The Kier molecular flexibility index (Phi) is 2.59. The maximum absolute atomic E-state index is 5.85. The van der Waals surface area contributed by atoms with Crippen molar-refractivity contribution in [3.63, 3.8) is 0 Å². The van der Waals surface area contributed by atoms with Crippen molar-refractivity contribution in [2.24, 2.45) is 4.99 Å². The van der Waals surface area contributed by atoms with Gasteiger partial charge >= 0.3 is 0 Å². The summed E-state index contributed by atoms with van der Waals surface area (Å²) in [5.41, 5.74) is 7.46. The van der Waals surface area contributed by atoms with Crippen LogP contribution in [-0.2, 0) is 0 Å². The summed E-state index contributed by atoms with van der Waals surface area (Å²) in [6.45, 7) is 1.82. The number of hydrogen-bond donors (Lipinski definition) is 2. The lowest BCUT2D eigenvalue weighted by molar-refractivity contribution is 0.742. The first-order chi connectivity index (χ1) is 6.77. The normalized spacial score (nSPS) is 15.9. The monoisotopic (exact) mass is 209 g/mol. The van der Waals surface area contributed by atoms with E-state index in [1.54, 1.807) is 6.07 Å². The third kappa shape index (κ3) is 1.82. The average molecular weight is 210 g/mol. The van der Waals surface area contributed by atoms with Crippen LogP contribution in [0.2, 0.25) is 5.02 Å². The molecule has 0 atom stereocenters. The number of nitrogens with two attached hydrogens (primary N) is 1.